The van der Waals surface area contributed by atoms with Crippen LogP contribution in [-0.4, -0.2) is 47.3 Å². The molecule has 2 nitrogen and oxygen atoms in total. The quantitative estimate of drug-likeness (QED) is 0.851. The molecule has 2 rings (SSSR count). The fraction of sp³-hybridized carbons (Fsp3) is 1.00. The SMILES string of the molecule is CCC1(C)CC(NCC2CSCCS2)CCO1. The maximum absolute atomic E-state index is 5.89. The summed E-state index contributed by atoms with van der Waals surface area (Å²) in [5.74, 6) is 4.00. The minimum atomic E-state index is 0.115. The summed E-state index contributed by atoms with van der Waals surface area (Å²) in [6.45, 7) is 6.60. The largest absolute Gasteiger partial charge is 0.375 e. The molecule has 0 amide bonds. The van der Waals surface area contributed by atoms with Gasteiger partial charge in [-0.1, -0.05) is 6.92 Å². The van der Waals surface area contributed by atoms with E-state index in [9.17, 15) is 0 Å². The first-order valence-corrected chi connectivity index (χ1v) is 8.99. The Balaban J connectivity index is 1.71. The predicted molar refractivity (Wildman–Crippen MR) is 79.2 cm³/mol. The van der Waals surface area contributed by atoms with Gasteiger partial charge >= 0.3 is 0 Å². The molecular formula is C13H25NOS2. The molecule has 17 heavy (non-hydrogen) atoms. The maximum atomic E-state index is 5.89. The fourth-order valence-electron chi connectivity index (χ4n) is 2.50. The van der Waals surface area contributed by atoms with Gasteiger partial charge in [0.25, 0.3) is 0 Å². The Kier molecular flexibility index (Phi) is 5.52. The summed E-state index contributed by atoms with van der Waals surface area (Å²) in [4.78, 5) is 0. The Bertz CT molecular complexity index is 233. The second kappa shape index (κ2) is 6.69. The van der Waals surface area contributed by atoms with Gasteiger partial charge in [-0.15, -0.1) is 0 Å². The van der Waals surface area contributed by atoms with E-state index in [0.29, 0.717) is 6.04 Å². The Morgan fingerprint density at radius 2 is 2.29 bits per heavy atom. The molecule has 3 unspecified atom stereocenters. The Morgan fingerprint density at radius 3 is 3.00 bits per heavy atom. The van der Waals surface area contributed by atoms with Crippen LogP contribution >= 0.6 is 23.5 Å². The van der Waals surface area contributed by atoms with Gasteiger partial charge in [0.2, 0.25) is 0 Å². The molecule has 0 aliphatic carbocycles. The summed E-state index contributed by atoms with van der Waals surface area (Å²) in [6, 6.07) is 0.668. The summed E-state index contributed by atoms with van der Waals surface area (Å²) < 4.78 is 5.89. The highest BCUT2D eigenvalue weighted by Crippen LogP contribution is 2.28. The van der Waals surface area contributed by atoms with Crippen LogP contribution in [0.3, 0.4) is 0 Å². The van der Waals surface area contributed by atoms with Crippen LogP contribution in [0.5, 0.6) is 0 Å². The molecule has 3 atom stereocenters. The first kappa shape index (κ1) is 14.0. The van der Waals surface area contributed by atoms with E-state index in [-0.39, 0.29) is 5.60 Å². The number of nitrogens with one attached hydrogen (secondary N) is 1. The van der Waals surface area contributed by atoms with Crippen LogP contribution in [0.4, 0.5) is 0 Å². The van der Waals surface area contributed by atoms with Crippen molar-refractivity contribution in [2.75, 3.05) is 30.4 Å². The van der Waals surface area contributed by atoms with Crippen LogP contribution in [0, 0.1) is 0 Å². The number of hydrogen-bond donors (Lipinski definition) is 1. The molecule has 2 fully saturated rings. The Labute approximate surface area is 114 Å². The summed E-state index contributed by atoms with van der Waals surface area (Å²) in [6.07, 6.45) is 3.48. The monoisotopic (exact) mass is 275 g/mol. The fourth-order valence-corrected chi connectivity index (χ4v) is 5.13. The summed E-state index contributed by atoms with van der Waals surface area (Å²) in [5.41, 5.74) is 0.115. The van der Waals surface area contributed by atoms with Crippen LogP contribution in [0.25, 0.3) is 0 Å². The molecule has 2 saturated heterocycles. The van der Waals surface area contributed by atoms with Gasteiger partial charge in [-0.3, -0.25) is 0 Å². The molecule has 2 heterocycles. The van der Waals surface area contributed by atoms with Crippen molar-refractivity contribution in [2.45, 2.75) is 50.0 Å². The van der Waals surface area contributed by atoms with E-state index in [1.165, 1.54) is 36.6 Å². The zero-order valence-corrected chi connectivity index (χ0v) is 12.7. The summed E-state index contributed by atoms with van der Waals surface area (Å²) in [7, 11) is 0. The predicted octanol–water partition coefficient (Wildman–Crippen LogP) is 2.77. The lowest BCUT2D eigenvalue weighted by atomic mass is 9.90. The third-order valence-corrected chi connectivity index (χ3v) is 6.71. The van der Waals surface area contributed by atoms with Crippen molar-refractivity contribution in [1.29, 1.82) is 0 Å². The Hall–Kier alpha value is 0.620. The smallest absolute Gasteiger partial charge is 0.0666 e. The van der Waals surface area contributed by atoms with Gasteiger partial charge in [0.05, 0.1) is 5.60 Å². The van der Waals surface area contributed by atoms with Gasteiger partial charge in [0.1, 0.15) is 0 Å². The van der Waals surface area contributed by atoms with Crippen molar-refractivity contribution >= 4 is 23.5 Å². The van der Waals surface area contributed by atoms with Gasteiger partial charge in [-0.05, 0) is 26.2 Å². The van der Waals surface area contributed by atoms with Crippen LogP contribution < -0.4 is 5.32 Å². The number of hydrogen-bond acceptors (Lipinski definition) is 4. The van der Waals surface area contributed by atoms with E-state index >= 15 is 0 Å². The lowest BCUT2D eigenvalue weighted by molar-refractivity contribution is -0.0777. The highest BCUT2D eigenvalue weighted by atomic mass is 32.2. The van der Waals surface area contributed by atoms with Crippen molar-refractivity contribution < 1.29 is 4.74 Å². The zero-order valence-electron chi connectivity index (χ0n) is 11.0. The molecule has 0 radical (unpaired) electrons. The first-order chi connectivity index (χ1) is 8.22. The zero-order chi connectivity index (χ0) is 12.1. The molecule has 0 bridgehead atoms. The minimum absolute atomic E-state index is 0.115. The molecule has 0 aromatic carbocycles. The third kappa shape index (κ3) is 4.34. The van der Waals surface area contributed by atoms with Gasteiger partial charge in [0, 0.05) is 41.7 Å². The van der Waals surface area contributed by atoms with Crippen LogP contribution in [0.15, 0.2) is 0 Å². The average molecular weight is 275 g/mol. The van der Waals surface area contributed by atoms with Crippen molar-refractivity contribution in [1.82, 2.24) is 5.32 Å². The molecular weight excluding hydrogens is 250 g/mol. The standard InChI is InChI=1S/C13H25NOS2/c1-3-13(2)8-11(4-5-15-13)14-9-12-10-16-6-7-17-12/h11-12,14H,3-10H2,1-2H3. The minimum Gasteiger partial charge on any atom is -0.375 e. The van der Waals surface area contributed by atoms with Crippen molar-refractivity contribution in [2.24, 2.45) is 0 Å². The number of ether oxygens (including phenoxy) is 1. The molecule has 0 aromatic rings. The topological polar surface area (TPSA) is 21.3 Å². The molecule has 0 aromatic heterocycles. The van der Waals surface area contributed by atoms with Crippen molar-refractivity contribution in [3.8, 4) is 0 Å². The molecule has 1 N–H and O–H groups in total. The highest BCUT2D eigenvalue weighted by molar-refractivity contribution is 8.06. The number of rotatable bonds is 4. The molecule has 4 heteroatoms. The van der Waals surface area contributed by atoms with Gasteiger partial charge < -0.3 is 10.1 Å². The van der Waals surface area contributed by atoms with Gasteiger partial charge in [-0.25, -0.2) is 0 Å². The average Bonchev–Trinajstić information content (AvgIpc) is 2.38. The molecule has 100 valence electrons. The highest BCUT2D eigenvalue weighted by Gasteiger charge is 2.31. The van der Waals surface area contributed by atoms with E-state index in [1.807, 2.05) is 0 Å². The van der Waals surface area contributed by atoms with E-state index in [2.05, 4.69) is 42.7 Å². The summed E-state index contributed by atoms with van der Waals surface area (Å²) >= 11 is 4.25. The Morgan fingerprint density at radius 1 is 1.41 bits per heavy atom. The first-order valence-electron chi connectivity index (χ1n) is 6.78. The molecule has 2 aliphatic heterocycles. The van der Waals surface area contributed by atoms with Crippen LogP contribution in [0.1, 0.15) is 33.1 Å². The molecule has 0 saturated carbocycles. The lowest BCUT2D eigenvalue weighted by Gasteiger charge is -2.38. The third-order valence-electron chi connectivity index (χ3n) is 3.86. The summed E-state index contributed by atoms with van der Waals surface area (Å²) in [5, 5.41) is 4.59. The van der Waals surface area contributed by atoms with Crippen molar-refractivity contribution in [3.05, 3.63) is 0 Å². The van der Waals surface area contributed by atoms with E-state index in [0.717, 1.165) is 18.3 Å². The van der Waals surface area contributed by atoms with Gasteiger partial charge in [-0.2, -0.15) is 23.5 Å². The van der Waals surface area contributed by atoms with Crippen LogP contribution in [-0.2, 0) is 4.74 Å². The van der Waals surface area contributed by atoms with E-state index in [4.69, 9.17) is 4.74 Å². The number of thioether (sulfide) groups is 2. The second-order valence-electron chi connectivity index (χ2n) is 5.32. The van der Waals surface area contributed by atoms with Crippen molar-refractivity contribution in [3.63, 3.8) is 0 Å². The van der Waals surface area contributed by atoms with Gasteiger partial charge in [0.15, 0.2) is 0 Å². The normalized spacial score (nSPS) is 39.2. The maximum Gasteiger partial charge on any atom is 0.0666 e. The molecule has 0 spiro atoms. The van der Waals surface area contributed by atoms with Crippen LogP contribution in [0.2, 0.25) is 0 Å². The lowest BCUT2D eigenvalue weighted by Crippen LogP contribution is -2.47. The van der Waals surface area contributed by atoms with E-state index in [1.54, 1.807) is 0 Å². The second-order valence-corrected chi connectivity index (χ2v) is 7.88. The van der Waals surface area contributed by atoms with E-state index < -0.39 is 0 Å². The molecule has 2 aliphatic rings.